The lowest BCUT2D eigenvalue weighted by Crippen LogP contribution is -2.25. The van der Waals surface area contributed by atoms with Gasteiger partial charge < -0.3 is 15.1 Å². The molecule has 3 aromatic rings. The second-order valence-electron chi connectivity index (χ2n) is 6.56. The summed E-state index contributed by atoms with van der Waals surface area (Å²) in [6, 6.07) is 11.1. The van der Waals surface area contributed by atoms with E-state index in [9.17, 15) is 4.79 Å². The summed E-state index contributed by atoms with van der Waals surface area (Å²) >= 11 is 0. The third-order valence-corrected chi connectivity index (χ3v) is 4.61. The van der Waals surface area contributed by atoms with E-state index < -0.39 is 0 Å². The number of nitrogens with zero attached hydrogens (tertiary/aromatic N) is 1. The Labute approximate surface area is 148 Å². The van der Waals surface area contributed by atoms with Crippen LogP contribution in [0.3, 0.4) is 0 Å². The van der Waals surface area contributed by atoms with Crippen LogP contribution in [0.15, 0.2) is 45.6 Å². The molecule has 3 rings (SSSR count). The average molecular weight is 338 g/mol. The first kappa shape index (κ1) is 17.3. The molecular weight excluding hydrogens is 312 g/mol. The highest BCUT2D eigenvalue weighted by Gasteiger charge is 2.11. The van der Waals surface area contributed by atoms with Crippen molar-refractivity contribution in [1.82, 2.24) is 0 Å². The van der Waals surface area contributed by atoms with E-state index in [0.717, 1.165) is 44.5 Å². The molecule has 1 aromatic heterocycles. The number of rotatable bonds is 7. The van der Waals surface area contributed by atoms with Crippen molar-refractivity contribution in [2.24, 2.45) is 0 Å². The minimum Gasteiger partial charge on any atom is -0.456 e. The molecule has 4 heteroatoms. The van der Waals surface area contributed by atoms with Crippen molar-refractivity contribution in [1.29, 1.82) is 0 Å². The maximum Gasteiger partial charge on any atom is 0.200 e. The fourth-order valence-electron chi connectivity index (χ4n) is 3.12. The van der Waals surface area contributed by atoms with Crippen LogP contribution >= 0.6 is 0 Å². The zero-order valence-corrected chi connectivity index (χ0v) is 15.0. The summed E-state index contributed by atoms with van der Waals surface area (Å²) in [5.41, 5.74) is 8.71. The van der Waals surface area contributed by atoms with E-state index in [1.807, 2.05) is 18.2 Å². The molecule has 0 saturated carbocycles. The summed E-state index contributed by atoms with van der Waals surface area (Å²) in [6.07, 6.45) is 4.63. The smallest absolute Gasteiger partial charge is 0.200 e. The van der Waals surface area contributed by atoms with Gasteiger partial charge in [0.15, 0.2) is 0 Å². The number of nitrogens with two attached hydrogens (primary N) is 1. The Morgan fingerprint density at radius 1 is 0.920 bits per heavy atom. The lowest BCUT2D eigenvalue weighted by Gasteiger charge is -2.24. The molecule has 4 nitrogen and oxygen atoms in total. The number of fused-ring (bicyclic) bond motifs is 2. The van der Waals surface area contributed by atoms with Crippen molar-refractivity contribution >= 4 is 33.3 Å². The van der Waals surface area contributed by atoms with Crippen molar-refractivity contribution in [2.45, 2.75) is 39.5 Å². The van der Waals surface area contributed by atoms with E-state index in [0.29, 0.717) is 27.6 Å². The van der Waals surface area contributed by atoms with Crippen molar-refractivity contribution < 1.29 is 4.42 Å². The second-order valence-corrected chi connectivity index (χ2v) is 6.56. The zero-order chi connectivity index (χ0) is 17.8. The number of unbranched alkanes of at least 4 members (excludes halogenated alkanes) is 2. The first-order valence-corrected chi connectivity index (χ1v) is 9.15. The Bertz CT molecular complexity index is 922. The molecule has 0 aliphatic heterocycles. The Kier molecular flexibility index (Phi) is 5.27. The van der Waals surface area contributed by atoms with Crippen LogP contribution < -0.4 is 16.1 Å². The van der Waals surface area contributed by atoms with Gasteiger partial charge in [-0.05, 0) is 37.1 Å². The third kappa shape index (κ3) is 3.63. The summed E-state index contributed by atoms with van der Waals surface area (Å²) in [7, 11) is 0. The fraction of sp³-hybridized carbons (Fsp3) is 0.381. The topological polar surface area (TPSA) is 59.5 Å². The molecule has 0 fully saturated rings. The normalized spacial score (nSPS) is 11.3. The van der Waals surface area contributed by atoms with Crippen LogP contribution in [0.5, 0.6) is 0 Å². The maximum atomic E-state index is 12.7. The molecule has 0 radical (unpaired) electrons. The molecule has 0 unspecified atom stereocenters. The molecule has 2 aromatic carbocycles. The summed E-state index contributed by atoms with van der Waals surface area (Å²) in [6.45, 7) is 6.45. The molecule has 0 bridgehead atoms. The average Bonchev–Trinajstić information content (AvgIpc) is 2.61. The van der Waals surface area contributed by atoms with Crippen LogP contribution in [-0.2, 0) is 0 Å². The number of nitrogen functional groups attached to an aromatic ring is 1. The van der Waals surface area contributed by atoms with Gasteiger partial charge in [-0.25, -0.2) is 0 Å². The highest BCUT2D eigenvalue weighted by molar-refractivity contribution is 5.92. The number of hydrogen-bond donors (Lipinski definition) is 1. The Balaban J connectivity index is 2.08. The molecule has 0 saturated heterocycles. The lowest BCUT2D eigenvalue weighted by molar-refractivity contribution is 0.656. The van der Waals surface area contributed by atoms with Gasteiger partial charge in [-0.3, -0.25) is 4.79 Å². The fourth-order valence-corrected chi connectivity index (χ4v) is 3.12. The number of benzene rings is 2. The van der Waals surface area contributed by atoms with Crippen molar-refractivity contribution in [2.75, 3.05) is 23.7 Å². The van der Waals surface area contributed by atoms with Crippen LogP contribution in [0.4, 0.5) is 11.4 Å². The van der Waals surface area contributed by atoms with Crippen molar-refractivity contribution in [3.8, 4) is 0 Å². The van der Waals surface area contributed by atoms with Gasteiger partial charge in [-0.2, -0.15) is 0 Å². The van der Waals surface area contributed by atoms with Crippen LogP contribution in [0.1, 0.15) is 39.5 Å². The van der Waals surface area contributed by atoms with Gasteiger partial charge in [0, 0.05) is 36.6 Å². The molecule has 0 aliphatic rings. The van der Waals surface area contributed by atoms with E-state index in [4.69, 9.17) is 10.2 Å². The van der Waals surface area contributed by atoms with Crippen molar-refractivity contribution in [3.05, 3.63) is 46.6 Å². The van der Waals surface area contributed by atoms with Gasteiger partial charge in [0.05, 0.1) is 10.8 Å². The zero-order valence-electron chi connectivity index (χ0n) is 15.0. The third-order valence-electron chi connectivity index (χ3n) is 4.61. The van der Waals surface area contributed by atoms with E-state index in [-0.39, 0.29) is 5.43 Å². The quantitative estimate of drug-likeness (QED) is 0.490. The van der Waals surface area contributed by atoms with Crippen LogP contribution in [0, 0.1) is 0 Å². The lowest BCUT2D eigenvalue weighted by atomic mass is 10.1. The molecule has 25 heavy (non-hydrogen) atoms. The Morgan fingerprint density at radius 3 is 2.16 bits per heavy atom. The van der Waals surface area contributed by atoms with Gasteiger partial charge in [0.25, 0.3) is 0 Å². The standard InChI is InChI=1S/C21H26N2O2/c1-3-5-11-23(12-6-4-2)16-8-10-18-20(14-16)25-19-13-15(22)7-9-17(19)21(18)24/h7-10,13-14H,3-6,11-12,22H2,1-2H3. The molecule has 2 N–H and O–H groups in total. The molecule has 0 atom stereocenters. The van der Waals surface area contributed by atoms with Gasteiger partial charge in [0.1, 0.15) is 11.2 Å². The molecule has 132 valence electrons. The molecule has 0 spiro atoms. The monoisotopic (exact) mass is 338 g/mol. The summed E-state index contributed by atoms with van der Waals surface area (Å²) in [4.78, 5) is 15.1. The minimum absolute atomic E-state index is 0.00327. The predicted molar refractivity (Wildman–Crippen MR) is 106 cm³/mol. The van der Waals surface area contributed by atoms with Crippen LogP contribution in [0.25, 0.3) is 21.9 Å². The molecular formula is C21H26N2O2. The van der Waals surface area contributed by atoms with Gasteiger partial charge in [-0.15, -0.1) is 0 Å². The molecule has 0 amide bonds. The van der Waals surface area contributed by atoms with Gasteiger partial charge >= 0.3 is 0 Å². The van der Waals surface area contributed by atoms with Crippen LogP contribution in [-0.4, -0.2) is 13.1 Å². The summed E-state index contributed by atoms with van der Waals surface area (Å²) in [5.74, 6) is 0. The second kappa shape index (κ2) is 7.60. The minimum atomic E-state index is -0.00327. The summed E-state index contributed by atoms with van der Waals surface area (Å²) in [5, 5.41) is 1.19. The molecule has 0 aliphatic carbocycles. The Hall–Kier alpha value is -2.49. The van der Waals surface area contributed by atoms with Gasteiger partial charge in [0.2, 0.25) is 5.43 Å². The first-order chi connectivity index (χ1) is 12.1. The van der Waals surface area contributed by atoms with Crippen LogP contribution in [0.2, 0.25) is 0 Å². The van der Waals surface area contributed by atoms with Gasteiger partial charge in [-0.1, -0.05) is 26.7 Å². The summed E-state index contributed by atoms with van der Waals surface area (Å²) < 4.78 is 6.00. The van der Waals surface area contributed by atoms with E-state index >= 15 is 0 Å². The number of anilines is 2. The highest BCUT2D eigenvalue weighted by Crippen LogP contribution is 2.25. The largest absolute Gasteiger partial charge is 0.456 e. The van der Waals surface area contributed by atoms with E-state index in [1.54, 1.807) is 18.2 Å². The predicted octanol–water partition coefficient (Wildman–Crippen LogP) is 4.94. The van der Waals surface area contributed by atoms with Crippen molar-refractivity contribution in [3.63, 3.8) is 0 Å². The maximum absolute atomic E-state index is 12.7. The Morgan fingerprint density at radius 2 is 1.52 bits per heavy atom. The number of hydrogen-bond acceptors (Lipinski definition) is 4. The first-order valence-electron chi connectivity index (χ1n) is 9.15. The highest BCUT2D eigenvalue weighted by atomic mass is 16.3. The SMILES string of the molecule is CCCCN(CCCC)c1ccc2c(=O)c3ccc(N)cc3oc2c1. The van der Waals surface area contributed by atoms with E-state index in [2.05, 4.69) is 18.7 Å². The molecule has 1 heterocycles. The van der Waals surface area contributed by atoms with E-state index in [1.165, 1.54) is 0 Å².